The minimum Gasteiger partial charge on any atom is -0.493 e. The third-order valence-electron chi connectivity index (χ3n) is 3.21. The van der Waals surface area contributed by atoms with Crippen LogP contribution in [-0.4, -0.2) is 45.0 Å². The molecule has 0 unspecified atom stereocenters. The summed E-state index contributed by atoms with van der Waals surface area (Å²) in [5.41, 5.74) is 0.796. The van der Waals surface area contributed by atoms with Crippen molar-refractivity contribution in [3.8, 4) is 11.5 Å². The largest absolute Gasteiger partial charge is 0.493 e. The van der Waals surface area contributed by atoms with Gasteiger partial charge in [-0.3, -0.25) is 0 Å². The zero-order valence-electron chi connectivity index (χ0n) is 12.0. The van der Waals surface area contributed by atoms with Gasteiger partial charge in [0, 0.05) is 0 Å². The maximum atomic E-state index is 11.8. The molecule has 1 fully saturated rings. The van der Waals surface area contributed by atoms with E-state index in [1.54, 1.807) is 26.4 Å². The first kappa shape index (κ1) is 15.5. The van der Waals surface area contributed by atoms with Gasteiger partial charge in [0.25, 0.3) is 0 Å². The van der Waals surface area contributed by atoms with Crippen LogP contribution in [0.4, 0.5) is 0 Å². The molecule has 114 valence electrons. The van der Waals surface area contributed by atoms with Crippen LogP contribution in [0.5, 0.6) is 11.5 Å². The topological polar surface area (TPSA) is 66.0 Å². The molecule has 0 radical (unpaired) electrons. The zero-order chi connectivity index (χ0) is 15.4. The van der Waals surface area contributed by atoms with Crippen molar-refractivity contribution in [2.24, 2.45) is 0 Å². The second-order valence-electron chi connectivity index (χ2n) is 4.41. The molecule has 1 heterocycles. The fourth-order valence-electron chi connectivity index (χ4n) is 2.18. The Morgan fingerprint density at radius 1 is 1.29 bits per heavy atom. The number of methoxy groups -OCH3 is 3. The van der Waals surface area contributed by atoms with Gasteiger partial charge in [-0.05, 0) is 17.7 Å². The van der Waals surface area contributed by atoms with E-state index in [2.05, 4.69) is 5.32 Å². The lowest BCUT2D eigenvalue weighted by atomic mass is 9.99. The second-order valence-corrected chi connectivity index (χ2v) is 4.91. The Bertz CT molecular complexity index is 548. The van der Waals surface area contributed by atoms with Gasteiger partial charge in [-0.15, -0.1) is 0 Å². The lowest BCUT2D eigenvalue weighted by Crippen LogP contribution is -2.48. The second kappa shape index (κ2) is 6.73. The SMILES string of the molecule is COC(=O)[C@H]1OCC(=S)N[C@@H]1c1ccc(OC)c(OC)c1. The summed E-state index contributed by atoms with van der Waals surface area (Å²) in [6, 6.07) is 4.94. The summed E-state index contributed by atoms with van der Waals surface area (Å²) in [5.74, 6) is 0.719. The average molecular weight is 311 g/mol. The predicted molar refractivity (Wildman–Crippen MR) is 79.8 cm³/mol. The maximum Gasteiger partial charge on any atom is 0.337 e. The molecule has 1 aliphatic heterocycles. The van der Waals surface area contributed by atoms with Crippen LogP contribution < -0.4 is 14.8 Å². The Hall–Kier alpha value is -1.86. The average Bonchev–Trinajstić information content (AvgIpc) is 2.53. The smallest absolute Gasteiger partial charge is 0.337 e. The van der Waals surface area contributed by atoms with Crippen molar-refractivity contribution in [1.82, 2.24) is 5.32 Å². The van der Waals surface area contributed by atoms with E-state index in [1.807, 2.05) is 6.07 Å². The van der Waals surface area contributed by atoms with Gasteiger partial charge in [-0.25, -0.2) is 4.79 Å². The lowest BCUT2D eigenvalue weighted by Gasteiger charge is -2.32. The number of carbonyl (C=O) groups is 1. The van der Waals surface area contributed by atoms with Gasteiger partial charge in [-0.2, -0.15) is 0 Å². The van der Waals surface area contributed by atoms with Crippen LogP contribution in [0.15, 0.2) is 18.2 Å². The molecular weight excluding hydrogens is 294 g/mol. The van der Waals surface area contributed by atoms with Crippen molar-refractivity contribution in [3.05, 3.63) is 23.8 Å². The van der Waals surface area contributed by atoms with Gasteiger partial charge in [0.05, 0.1) is 34.0 Å². The monoisotopic (exact) mass is 311 g/mol. The first-order valence-corrected chi connectivity index (χ1v) is 6.72. The van der Waals surface area contributed by atoms with Crippen molar-refractivity contribution in [3.63, 3.8) is 0 Å². The number of ether oxygens (including phenoxy) is 4. The van der Waals surface area contributed by atoms with E-state index in [4.69, 9.17) is 31.2 Å². The fraction of sp³-hybridized carbons (Fsp3) is 0.429. The van der Waals surface area contributed by atoms with Crippen LogP contribution in [0.25, 0.3) is 0 Å². The molecule has 0 aliphatic carbocycles. The molecule has 1 aromatic rings. The Morgan fingerprint density at radius 2 is 2.00 bits per heavy atom. The number of rotatable bonds is 4. The Labute approximate surface area is 128 Å². The number of esters is 1. The molecule has 1 N–H and O–H groups in total. The number of carbonyl (C=O) groups excluding carboxylic acids is 1. The molecular formula is C14H17NO5S. The van der Waals surface area contributed by atoms with E-state index in [1.165, 1.54) is 7.11 Å². The molecule has 0 aromatic heterocycles. The van der Waals surface area contributed by atoms with E-state index in [-0.39, 0.29) is 6.61 Å². The first-order valence-electron chi connectivity index (χ1n) is 6.31. The van der Waals surface area contributed by atoms with E-state index in [0.29, 0.717) is 16.5 Å². The highest BCUT2D eigenvalue weighted by atomic mass is 32.1. The molecule has 2 atom stereocenters. The molecule has 7 heteroatoms. The molecule has 1 saturated heterocycles. The van der Waals surface area contributed by atoms with Gasteiger partial charge in [0.2, 0.25) is 0 Å². The van der Waals surface area contributed by atoms with E-state index in [0.717, 1.165) is 5.56 Å². The highest BCUT2D eigenvalue weighted by Crippen LogP contribution is 2.32. The van der Waals surface area contributed by atoms with Crippen molar-refractivity contribution in [1.29, 1.82) is 0 Å². The van der Waals surface area contributed by atoms with Crippen LogP contribution in [0.2, 0.25) is 0 Å². The minimum absolute atomic E-state index is 0.193. The number of thiocarbonyl (C=S) groups is 1. The summed E-state index contributed by atoms with van der Waals surface area (Å²) in [5, 5.41) is 3.10. The van der Waals surface area contributed by atoms with Crippen LogP contribution in [0, 0.1) is 0 Å². The van der Waals surface area contributed by atoms with Crippen LogP contribution >= 0.6 is 12.2 Å². The highest BCUT2D eigenvalue weighted by Gasteiger charge is 2.36. The number of morpholine rings is 1. The number of nitrogens with one attached hydrogen (secondary N) is 1. The van der Waals surface area contributed by atoms with Gasteiger partial charge < -0.3 is 24.3 Å². The van der Waals surface area contributed by atoms with Crippen LogP contribution in [-0.2, 0) is 14.3 Å². The summed E-state index contributed by atoms with van der Waals surface area (Å²) in [6.07, 6.45) is -0.764. The Kier molecular flexibility index (Phi) is 4.98. The molecule has 0 bridgehead atoms. The van der Waals surface area contributed by atoms with Gasteiger partial charge >= 0.3 is 5.97 Å². The van der Waals surface area contributed by atoms with E-state index >= 15 is 0 Å². The fourth-order valence-corrected chi connectivity index (χ4v) is 2.37. The van der Waals surface area contributed by atoms with E-state index < -0.39 is 18.1 Å². The molecule has 21 heavy (non-hydrogen) atoms. The molecule has 1 aliphatic rings. The quantitative estimate of drug-likeness (QED) is 0.663. The summed E-state index contributed by atoms with van der Waals surface area (Å²) < 4.78 is 20.7. The maximum absolute atomic E-state index is 11.8. The molecule has 1 aromatic carbocycles. The standard InChI is InChI=1S/C14H17NO5S/c1-17-9-5-4-8(6-10(9)18-2)12-13(14(16)19-3)20-7-11(21)15-12/h4-6,12-13H,7H2,1-3H3,(H,15,21)/t12-,13+/m1/s1. The third-order valence-corrected chi connectivity index (χ3v) is 3.45. The van der Waals surface area contributed by atoms with Gasteiger partial charge in [-0.1, -0.05) is 18.3 Å². The normalized spacial score (nSPS) is 21.4. The number of benzene rings is 1. The molecule has 0 spiro atoms. The van der Waals surface area contributed by atoms with Crippen molar-refractivity contribution in [2.45, 2.75) is 12.1 Å². The summed E-state index contributed by atoms with van der Waals surface area (Å²) in [4.78, 5) is 12.4. The van der Waals surface area contributed by atoms with Crippen molar-refractivity contribution in [2.75, 3.05) is 27.9 Å². The minimum atomic E-state index is -0.764. The van der Waals surface area contributed by atoms with Crippen LogP contribution in [0.3, 0.4) is 0 Å². The zero-order valence-corrected chi connectivity index (χ0v) is 12.9. The highest BCUT2D eigenvalue weighted by molar-refractivity contribution is 7.80. The van der Waals surface area contributed by atoms with E-state index in [9.17, 15) is 4.79 Å². The molecule has 0 saturated carbocycles. The summed E-state index contributed by atoms with van der Waals surface area (Å²) >= 11 is 5.12. The molecule has 0 amide bonds. The van der Waals surface area contributed by atoms with Gasteiger partial charge in [0.1, 0.15) is 4.99 Å². The lowest BCUT2D eigenvalue weighted by molar-refractivity contribution is -0.156. The number of hydrogen-bond donors (Lipinski definition) is 1. The Morgan fingerprint density at radius 3 is 2.62 bits per heavy atom. The van der Waals surface area contributed by atoms with Gasteiger partial charge in [0.15, 0.2) is 17.6 Å². The number of hydrogen-bond acceptors (Lipinski definition) is 6. The van der Waals surface area contributed by atoms with Crippen molar-refractivity contribution < 1.29 is 23.7 Å². The predicted octanol–water partition coefficient (Wildman–Crippen LogP) is 1.23. The van der Waals surface area contributed by atoms with Crippen molar-refractivity contribution >= 4 is 23.2 Å². The summed E-state index contributed by atoms with van der Waals surface area (Å²) in [6.45, 7) is 0.193. The molecule has 6 nitrogen and oxygen atoms in total. The third kappa shape index (κ3) is 3.25. The Balaban J connectivity index is 2.35. The first-order chi connectivity index (χ1) is 10.1. The van der Waals surface area contributed by atoms with Crippen LogP contribution in [0.1, 0.15) is 11.6 Å². The summed E-state index contributed by atoms with van der Waals surface area (Å²) in [7, 11) is 4.44. The molecule has 2 rings (SSSR count).